The van der Waals surface area contributed by atoms with Gasteiger partial charge >= 0.3 is 5.97 Å². The first-order chi connectivity index (χ1) is 9.15. The molecule has 0 aromatic heterocycles. The lowest BCUT2D eigenvalue weighted by Gasteiger charge is -2.15. The highest BCUT2D eigenvalue weighted by molar-refractivity contribution is 5.87. The summed E-state index contributed by atoms with van der Waals surface area (Å²) in [5.41, 5.74) is 0.651. The highest BCUT2D eigenvalue weighted by atomic mass is 16.5. The molecule has 0 bridgehead atoms. The normalized spacial score (nSPS) is 12.2. The quantitative estimate of drug-likeness (QED) is 0.274. The van der Waals surface area contributed by atoms with Crippen molar-refractivity contribution in [3.63, 3.8) is 0 Å². The Hall–Kier alpha value is -0.790. The summed E-state index contributed by atoms with van der Waals surface area (Å²) < 4.78 is 5.26. The Balaban J connectivity index is 3.81. The molecule has 0 aromatic carbocycles. The molecular weight excluding hydrogens is 236 g/mol. The second-order valence-electron chi connectivity index (χ2n) is 5.42. The van der Waals surface area contributed by atoms with Crippen LogP contribution in [0.3, 0.4) is 0 Å². The summed E-state index contributed by atoms with van der Waals surface area (Å²) in [6.45, 7) is 11.0. The van der Waals surface area contributed by atoms with Crippen LogP contribution < -0.4 is 0 Å². The van der Waals surface area contributed by atoms with Crippen LogP contribution in [0.5, 0.6) is 0 Å². The van der Waals surface area contributed by atoms with Crippen molar-refractivity contribution in [1.29, 1.82) is 0 Å². The summed E-state index contributed by atoms with van der Waals surface area (Å²) >= 11 is 0. The van der Waals surface area contributed by atoms with Crippen LogP contribution in [0.25, 0.3) is 0 Å². The van der Waals surface area contributed by atoms with Crippen LogP contribution >= 0.6 is 0 Å². The molecule has 19 heavy (non-hydrogen) atoms. The van der Waals surface area contributed by atoms with E-state index < -0.39 is 0 Å². The smallest absolute Gasteiger partial charge is 0.333 e. The monoisotopic (exact) mass is 268 g/mol. The van der Waals surface area contributed by atoms with E-state index in [2.05, 4.69) is 27.4 Å². The maximum Gasteiger partial charge on any atom is 0.333 e. The number of hydrogen-bond acceptors (Lipinski definition) is 2. The Morgan fingerprint density at radius 2 is 1.74 bits per heavy atom. The maximum absolute atomic E-state index is 11.8. The van der Waals surface area contributed by atoms with Crippen LogP contribution in [0.1, 0.15) is 78.6 Å². The lowest BCUT2D eigenvalue weighted by molar-refractivity contribution is -0.139. The second-order valence-corrected chi connectivity index (χ2v) is 5.42. The summed E-state index contributed by atoms with van der Waals surface area (Å²) in [6.07, 6.45) is 10.1. The third-order valence-corrected chi connectivity index (χ3v) is 3.60. The van der Waals surface area contributed by atoms with Gasteiger partial charge in [0.05, 0.1) is 6.61 Å². The topological polar surface area (TPSA) is 26.3 Å². The molecule has 0 heterocycles. The van der Waals surface area contributed by atoms with Crippen molar-refractivity contribution in [2.45, 2.75) is 78.6 Å². The van der Waals surface area contributed by atoms with E-state index in [1.54, 1.807) is 0 Å². The molecule has 0 saturated carbocycles. The fourth-order valence-electron chi connectivity index (χ4n) is 2.17. The number of ether oxygens (including phenoxy) is 1. The van der Waals surface area contributed by atoms with Gasteiger partial charge in [-0.25, -0.2) is 4.79 Å². The molecule has 1 atom stereocenters. The first kappa shape index (κ1) is 18.2. The van der Waals surface area contributed by atoms with Gasteiger partial charge in [-0.3, -0.25) is 0 Å². The van der Waals surface area contributed by atoms with Crippen molar-refractivity contribution in [3.8, 4) is 0 Å². The van der Waals surface area contributed by atoms with Crippen molar-refractivity contribution < 1.29 is 9.53 Å². The molecule has 0 radical (unpaired) electrons. The lowest BCUT2D eigenvalue weighted by Crippen LogP contribution is -2.12. The minimum atomic E-state index is -0.188. The molecule has 0 aliphatic rings. The zero-order valence-corrected chi connectivity index (χ0v) is 13.2. The highest BCUT2D eigenvalue weighted by Crippen LogP contribution is 2.21. The van der Waals surface area contributed by atoms with Crippen LogP contribution in [-0.4, -0.2) is 12.6 Å². The third kappa shape index (κ3) is 9.75. The van der Waals surface area contributed by atoms with Crippen LogP contribution in [0.15, 0.2) is 12.2 Å². The number of esters is 1. The SMILES string of the molecule is C=C(CC(CC)CCCC)C(=O)OCCCCCC. The Morgan fingerprint density at radius 3 is 2.32 bits per heavy atom. The summed E-state index contributed by atoms with van der Waals surface area (Å²) in [5.74, 6) is 0.395. The number of hydrogen-bond donors (Lipinski definition) is 0. The van der Waals surface area contributed by atoms with Crippen molar-refractivity contribution in [2.75, 3.05) is 6.61 Å². The van der Waals surface area contributed by atoms with Crippen molar-refractivity contribution in [1.82, 2.24) is 0 Å². The summed E-state index contributed by atoms with van der Waals surface area (Å²) in [7, 11) is 0. The van der Waals surface area contributed by atoms with E-state index in [0.29, 0.717) is 18.1 Å². The van der Waals surface area contributed by atoms with Gasteiger partial charge in [0.15, 0.2) is 0 Å². The van der Waals surface area contributed by atoms with E-state index in [9.17, 15) is 4.79 Å². The van der Waals surface area contributed by atoms with Gasteiger partial charge < -0.3 is 4.74 Å². The Morgan fingerprint density at radius 1 is 1.05 bits per heavy atom. The van der Waals surface area contributed by atoms with Gasteiger partial charge in [-0.1, -0.05) is 72.3 Å². The maximum atomic E-state index is 11.8. The molecule has 0 rings (SSSR count). The number of rotatable bonds is 12. The first-order valence-electron chi connectivity index (χ1n) is 8.00. The fourth-order valence-corrected chi connectivity index (χ4v) is 2.17. The average Bonchev–Trinajstić information content (AvgIpc) is 2.42. The lowest BCUT2D eigenvalue weighted by atomic mass is 9.92. The zero-order chi connectivity index (χ0) is 14.5. The molecule has 112 valence electrons. The van der Waals surface area contributed by atoms with Crippen LogP contribution in [0, 0.1) is 5.92 Å². The van der Waals surface area contributed by atoms with E-state index in [0.717, 1.165) is 25.7 Å². The molecule has 0 fully saturated rings. The Labute approximate surface area is 119 Å². The minimum absolute atomic E-state index is 0.188. The van der Waals surface area contributed by atoms with Gasteiger partial charge in [0.25, 0.3) is 0 Å². The first-order valence-corrected chi connectivity index (χ1v) is 8.00. The zero-order valence-electron chi connectivity index (χ0n) is 13.2. The van der Waals surface area contributed by atoms with E-state index in [1.807, 2.05) is 0 Å². The van der Waals surface area contributed by atoms with E-state index in [-0.39, 0.29) is 5.97 Å². The van der Waals surface area contributed by atoms with Crippen molar-refractivity contribution >= 4 is 5.97 Å². The molecule has 0 aromatic rings. The van der Waals surface area contributed by atoms with E-state index >= 15 is 0 Å². The Kier molecular flexibility index (Phi) is 11.7. The predicted octanol–water partition coefficient (Wildman–Crippen LogP) is 5.27. The molecule has 0 aliphatic heterocycles. The predicted molar refractivity (Wildman–Crippen MR) is 82.2 cm³/mol. The number of carbonyl (C=O) groups is 1. The molecule has 0 spiro atoms. The van der Waals surface area contributed by atoms with Gasteiger partial charge in [-0.15, -0.1) is 0 Å². The minimum Gasteiger partial charge on any atom is -0.462 e. The highest BCUT2D eigenvalue weighted by Gasteiger charge is 2.14. The molecule has 0 saturated heterocycles. The van der Waals surface area contributed by atoms with Gasteiger partial charge in [0.2, 0.25) is 0 Å². The summed E-state index contributed by atoms with van der Waals surface area (Å²) in [4.78, 5) is 11.8. The fraction of sp³-hybridized carbons (Fsp3) is 0.824. The molecular formula is C17H32O2. The largest absolute Gasteiger partial charge is 0.462 e. The van der Waals surface area contributed by atoms with Crippen LogP contribution in [0.2, 0.25) is 0 Å². The summed E-state index contributed by atoms with van der Waals surface area (Å²) in [6, 6.07) is 0. The molecule has 1 unspecified atom stereocenters. The van der Waals surface area contributed by atoms with Crippen LogP contribution in [-0.2, 0) is 9.53 Å². The molecule has 2 heteroatoms. The van der Waals surface area contributed by atoms with Gasteiger partial charge in [-0.2, -0.15) is 0 Å². The van der Waals surface area contributed by atoms with Gasteiger partial charge in [0.1, 0.15) is 0 Å². The summed E-state index contributed by atoms with van der Waals surface area (Å²) in [5, 5.41) is 0. The second kappa shape index (κ2) is 12.3. The van der Waals surface area contributed by atoms with Gasteiger partial charge in [-0.05, 0) is 18.8 Å². The number of unbranched alkanes of at least 4 members (excludes halogenated alkanes) is 4. The Bertz CT molecular complexity index is 246. The van der Waals surface area contributed by atoms with E-state index in [1.165, 1.54) is 32.1 Å². The molecule has 0 amide bonds. The van der Waals surface area contributed by atoms with Crippen molar-refractivity contribution in [3.05, 3.63) is 12.2 Å². The average molecular weight is 268 g/mol. The van der Waals surface area contributed by atoms with Crippen molar-refractivity contribution in [2.24, 2.45) is 5.92 Å². The molecule has 2 nitrogen and oxygen atoms in total. The molecule has 0 aliphatic carbocycles. The van der Waals surface area contributed by atoms with Gasteiger partial charge in [0, 0.05) is 5.57 Å². The van der Waals surface area contributed by atoms with Crippen LogP contribution in [0.4, 0.5) is 0 Å². The molecule has 0 N–H and O–H groups in total. The standard InChI is InChI=1S/C17H32O2/c1-5-8-10-11-13-19-17(18)15(4)14-16(7-3)12-9-6-2/h16H,4-14H2,1-3H3. The van der Waals surface area contributed by atoms with E-state index in [4.69, 9.17) is 4.74 Å². The third-order valence-electron chi connectivity index (χ3n) is 3.60. The number of carbonyl (C=O) groups excluding carboxylic acids is 1.